The van der Waals surface area contributed by atoms with Crippen molar-refractivity contribution in [2.24, 2.45) is 5.92 Å². The lowest BCUT2D eigenvalue weighted by atomic mass is 9.86. The number of likely N-dealkylation sites (N-methyl/N-ethyl adjacent to an activating group) is 1. The molecule has 0 spiro atoms. The number of allylic oxidation sites excluding steroid dienone is 1. The van der Waals surface area contributed by atoms with Gasteiger partial charge in [-0.25, -0.2) is 4.58 Å². The van der Waals surface area contributed by atoms with E-state index >= 15 is 0 Å². The van der Waals surface area contributed by atoms with Gasteiger partial charge in [0.25, 0.3) is 0 Å². The van der Waals surface area contributed by atoms with Gasteiger partial charge in [0, 0.05) is 49.9 Å². The van der Waals surface area contributed by atoms with Crippen LogP contribution >= 0.6 is 0 Å². The summed E-state index contributed by atoms with van der Waals surface area (Å²) in [4.78, 5) is 5.19. The van der Waals surface area contributed by atoms with Gasteiger partial charge in [0.2, 0.25) is 0 Å². The van der Waals surface area contributed by atoms with Crippen molar-refractivity contribution >= 4 is 5.71 Å². The fraction of sp³-hybridized carbons (Fsp3) is 0.536. The Morgan fingerprint density at radius 2 is 1.88 bits per heavy atom. The Hall–Kier alpha value is -2.33. The largest absolute Gasteiger partial charge is 0.384 e. The number of dihydropyridines is 1. The monoisotopic (exact) mass is 431 g/mol. The Kier molecular flexibility index (Phi) is 5.98. The van der Waals surface area contributed by atoms with Crippen molar-refractivity contribution in [3.05, 3.63) is 71.6 Å². The summed E-state index contributed by atoms with van der Waals surface area (Å²) in [6.45, 7) is 13.6. The molecule has 1 aromatic carbocycles. The van der Waals surface area contributed by atoms with Crippen molar-refractivity contribution in [3.63, 3.8) is 0 Å². The van der Waals surface area contributed by atoms with Crippen molar-refractivity contribution < 1.29 is 4.58 Å². The molecule has 2 saturated heterocycles. The van der Waals surface area contributed by atoms with E-state index in [1.54, 1.807) is 0 Å². The number of hydrogen-bond donors (Lipinski definition) is 1. The van der Waals surface area contributed by atoms with E-state index in [9.17, 15) is 0 Å². The van der Waals surface area contributed by atoms with Gasteiger partial charge in [-0.15, -0.1) is 0 Å². The standard InChI is InChI=1S/C28H39N4/c1-20-10-11-28(22(3)30(20)4)32-19-25-16-27(29-17-26(25)21(32)2)24-12-14-31(15-13-24)18-23-8-6-5-7-9-23/h5-9,16-17,22,24,27-29H,2,10-15,18-19H2,1,3-4H3/q+1. The van der Waals surface area contributed by atoms with Gasteiger partial charge < -0.3 is 10.2 Å². The molecule has 4 heterocycles. The molecule has 5 rings (SSSR count). The number of likely N-dealkylation sites (tertiary alicyclic amines) is 2. The summed E-state index contributed by atoms with van der Waals surface area (Å²) >= 11 is 0. The molecule has 170 valence electrons. The first-order chi connectivity index (χ1) is 15.5. The fourth-order valence-electron chi connectivity index (χ4n) is 6.16. The van der Waals surface area contributed by atoms with Gasteiger partial charge in [0.15, 0.2) is 6.04 Å². The Morgan fingerprint density at radius 3 is 2.62 bits per heavy atom. The minimum absolute atomic E-state index is 0.461. The molecule has 4 aliphatic heterocycles. The summed E-state index contributed by atoms with van der Waals surface area (Å²) in [5, 5.41) is 3.75. The van der Waals surface area contributed by atoms with Crippen molar-refractivity contribution in [1.82, 2.24) is 15.1 Å². The van der Waals surface area contributed by atoms with E-state index in [4.69, 9.17) is 0 Å². The number of piperidine rings is 1. The van der Waals surface area contributed by atoms with Gasteiger partial charge in [-0.1, -0.05) is 43.0 Å². The van der Waals surface area contributed by atoms with Crippen LogP contribution in [-0.4, -0.2) is 64.9 Å². The normalized spacial score (nSPS) is 29.5. The molecule has 0 amide bonds. The third-order valence-electron chi connectivity index (χ3n) is 8.51. The summed E-state index contributed by atoms with van der Waals surface area (Å²) in [5.41, 5.74) is 6.98. The van der Waals surface area contributed by atoms with Gasteiger partial charge >= 0.3 is 0 Å². The Labute approximate surface area is 194 Å². The van der Waals surface area contributed by atoms with E-state index in [2.05, 4.69) is 89.8 Å². The smallest absolute Gasteiger partial charge is 0.169 e. The second-order valence-electron chi connectivity index (χ2n) is 10.3. The molecule has 4 heteroatoms. The predicted octanol–water partition coefficient (Wildman–Crippen LogP) is 4.16. The van der Waals surface area contributed by atoms with Crippen molar-refractivity contribution in [1.29, 1.82) is 0 Å². The van der Waals surface area contributed by atoms with Gasteiger partial charge in [0.1, 0.15) is 12.8 Å². The fourth-order valence-corrected chi connectivity index (χ4v) is 6.16. The van der Waals surface area contributed by atoms with Crippen molar-refractivity contribution in [2.45, 2.75) is 64.2 Å². The Balaban J connectivity index is 1.21. The summed E-state index contributed by atoms with van der Waals surface area (Å²) in [6.07, 6.45) is 9.76. The van der Waals surface area contributed by atoms with Gasteiger partial charge in [0.05, 0.1) is 6.04 Å². The number of rotatable bonds is 4. The SMILES string of the molecule is C=C1C2=CNC(C3CCN(Cc4ccccc4)CC3)C=C2CN1C1CCC(C)=[N+](C)C1C. The number of fused-ring (bicyclic) bond motifs is 1. The maximum absolute atomic E-state index is 4.51. The van der Waals surface area contributed by atoms with Gasteiger partial charge in [-0.3, -0.25) is 4.90 Å². The molecule has 32 heavy (non-hydrogen) atoms. The van der Waals surface area contributed by atoms with Crippen molar-refractivity contribution in [3.8, 4) is 0 Å². The van der Waals surface area contributed by atoms with Crippen LogP contribution < -0.4 is 5.32 Å². The molecule has 0 radical (unpaired) electrons. The van der Waals surface area contributed by atoms with Crippen LogP contribution in [0.25, 0.3) is 0 Å². The molecule has 1 aromatic rings. The molecule has 4 aliphatic rings. The first-order valence-electron chi connectivity index (χ1n) is 12.5. The van der Waals surface area contributed by atoms with E-state index in [1.165, 1.54) is 66.9 Å². The highest BCUT2D eigenvalue weighted by Crippen LogP contribution is 2.38. The second-order valence-corrected chi connectivity index (χ2v) is 10.3. The van der Waals surface area contributed by atoms with Crippen molar-refractivity contribution in [2.75, 3.05) is 26.7 Å². The first-order valence-corrected chi connectivity index (χ1v) is 12.5. The molecule has 0 saturated carbocycles. The minimum atomic E-state index is 0.461. The van der Waals surface area contributed by atoms with E-state index in [0.717, 1.165) is 13.1 Å². The van der Waals surface area contributed by atoms with E-state index in [1.807, 2.05) is 0 Å². The van der Waals surface area contributed by atoms with Crippen LogP contribution in [0.2, 0.25) is 0 Å². The number of hydrogen-bond acceptors (Lipinski definition) is 3. The quantitative estimate of drug-likeness (QED) is 0.724. The van der Waals surface area contributed by atoms with Crippen LogP contribution in [-0.2, 0) is 6.54 Å². The number of benzene rings is 1. The molecule has 4 nitrogen and oxygen atoms in total. The lowest BCUT2D eigenvalue weighted by Gasteiger charge is -2.36. The summed E-state index contributed by atoms with van der Waals surface area (Å²) in [5.74, 6) is 0.714. The zero-order valence-electron chi connectivity index (χ0n) is 20.1. The van der Waals surface area contributed by atoms with E-state index in [0.29, 0.717) is 24.0 Å². The van der Waals surface area contributed by atoms with Crippen LogP contribution in [0.5, 0.6) is 0 Å². The lowest BCUT2D eigenvalue weighted by molar-refractivity contribution is -0.547. The van der Waals surface area contributed by atoms with E-state index < -0.39 is 0 Å². The highest BCUT2D eigenvalue weighted by Gasteiger charge is 2.41. The topological polar surface area (TPSA) is 21.5 Å². The predicted molar refractivity (Wildman–Crippen MR) is 133 cm³/mol. The first kappa shape index (κ1) is 21.5. The van der Waals surface area contributed by atoms with Crippen LogP contribution in [0.1, 0.15) is 45.1 Å². The second kappa shape index (κ2) is 8.90. The number of nitrogens with one attached hydrogen (secondary N) is 1. The third-order valence-corrected chi connectivity index (χ3v) is 8.51. The maximum atomic E-state index is 4.51. The van der Waals surface area contributed by atoms with E-state index in [-0.39, 0.29) is 0 Å². The van der Waals surface area contributed by atoms with Crippen LogP contribution in [0.4, 0.5) is 0 Å². The maximum Gasteiger partial charge on any atom is 0.169 e. The molecule has 3 unspecified atom stereocenters. The third kappa shape index (κ3) is 4.05. The summed E-state index contributed by atoms with van der Waals surface area (Å²) < 4.78 is 2.47. The number of nitrogens with zero attached hydrogens (tertiary/aromatic N) is 3. The molecule has 0 aliphatic carbocycles. The minimum Gasteiger partial charge on any atom is -0.384 e. The Morgan fingerprint density at radius 1 is 1.12 bits per heavy atom. The highest BCUT2D eigenvalue weighted by atomic mass is 15.2. The highest BCUT2D eigenvalue weighted by molar-refractivity contribution is 5.77. The lowest BCUT2D eigenvalue weighted by Crippen LogP contribution is -2.48. The molecule has 0 aromatic heterocycles. The average molecular weight is 432 g/mol. The molecular weight excluding hydrogens is 392 g/mol. The average Bonchev–Trinajstić information content (AvgIpc) is 3.14. The van der Waals surface area contributed by atoms with Crippen LogP contribution in [0.15, 0.2) is 66.0 Å². The molecular formula is C28H39N4+. The van der Waals surface area contributed by atoms with Gasteiger partial charge in [-0.05, 0) is 56.3 Å². The molecule has 3 atom stereocenters. The van der Waals surface area contributed by atoms with Gasteiger partial charge in [-0.2, -0.15) is 0 Å². The summed E-state index contributed by atoms with van der Waals surface area (Å²) in [6, 6.07) is 12.4. The Bertz CT molecular complexity index is 949. The zero-order chi connectivity index (χ0) is 22.2. The van der Waals surface area contributed by atoms with Crippen LogP contribution in [0.3, 0.4) is 0 Å². The molecule has 2 fully saturated rings. The van der Waals surface area contributed by atoms with Crippen LogP contribution in [0, 0.1) is 5.92 Å². The summed E-state index contributed by atoms with van der Waals surface area (Å²) in [7, 11) is 2.25. The molecule has 0 bridgehead atoms. The zero-order valence-corrected chi connectivity index (χ0v) is 20.1. The molecule has 1 N–H and O–H groups in total.